The van der Waals surface area contributed by atoms with Gasteiger partial charge in [0, 0.05) is 16.8 Å². The van der Waals surface area contributed by atoms with Crippen LogP contribution in [0.15, 0.2) is 52.1 Å². The van der Waals surface area contributed by atoms with Crippen LogP contribution < -0.4 is 4.74 Å². The lowest BCUT2D eigenvalue weighted by atomic mass is 10.2. The summed E-state index contributed by atoms with van der Waals surface area (Å²) < 4.78 is 10.9. The van der Waals surface area contributed by atoms with E-state index < -0.39 is 0 Å². The number of rotatable bonds is 4. The summed E-state index contributed by atoms with van der Waals surface area (Å²) in [5.74, 6) is 1.63. The van der Waals surface area contributed by atoms with Gasteiger partial charge in [-0.25, -0.2) is 4.98 Å². The highest BCUT2D eigenvalue weighted by Crippen LogP contribution is 2.28. The zero-order valence-corrected chi connectivity index (χ0v) is 12.4. The maximum Gasteiger partial charge on any atom is 0.257 e. The van der Waals surface area contributed by atoms with Crippen LogP contribution in [0.2, 0.25) is 5.02 Å². The number of methoxy groups -OCH3 is 1. The summed E-state index contributed by atoms with van der Waals surface area (Å²) in [6, 6.07) is 13.4. The van der Waals surface area contributed by atoms with E-state index in [2.05, 4.69) is 11.1 Å². The summed E-state index contributed by atoms with van der Waals surface area (Å²) in [5, 5.41) is 1.29. The van der Waals surface area contributed by atoms with Crippen LogP contribution in [-0.2, 0) is 5.75 Å². The van der Waals surface area contributed by atoms with Gasteiger partial charge >= 0.3 is 0 Å². The molecule has 2 aromatic carbocycles. The lowest BCUT2D eigenvalue weighted by molar-refractivity contribution is 0.414. The third-order valence-electron chi connectivity index (χ3n) is 2.83. The molecule has 0 saturated heterocycles. The lowest BCUT2D eigenvalue weighted by Crippen LogP contribution is -1.85. The molecule has 0 saturated carbocycles. The van der Waals surface area contributed by atoms with E-state index in [1.54, 1.807) is 24.9 Å². The maximum atomic E-state index is 5.93. The van der Waals surface area contributed by atoms with Crippen molar-refractivity contribution in [2.45, 2.75) is 11.0 Å². The Balaban J connectivity index is 1.76. The number of aromatic nitrogens is 1. The lowest BCUT2D eigenvalue weighted by Gasteiger charge is -2.02. The Labute approximate surface area is 125 Å². The van der Waals surface area contributed by atoms with Crippen molar-refractivity contribution >= 4 is 34.5 Å². The molecule has 0 aliphatic carbocycles. The van der Waals surface area contributed by atoms with Crippen LogP contribution in [0.3, 0.4) is 0 Å². The number of thioether (sulfide) groups is 1. The number of ether oxygens (including phenoxy) is 1. The van der Waals surface area contributed by atoms with E-state index in [1.165, 1.54) is 0 Å². The molecule has 0 atom stereocenters. The Hall–Kier alpha value is -1.65. The SMILES string of the molecule is COc1cccc(CSc2nc3ccc(Cl)cc3o2)c1. The van der Waals surface area contributed by atoms with Crippen molar-refractivity contribution in [1.82, 2.24) is 4.98 Å². The zero-order valence-electron chi connectivity index (χ0n) is 10.8. The van der Waals surface area contributed by atoms with Crippen molar-refractivity contribution in [3.63, 3.8) is 0 Å². The van der Waals surface area contributed by atoms with Gasteiger partial charge in [-0.15, -0.1) is 0 Å². The molecule has 0 aliphatic heterocycles. The quantitative estimate of drug-likeness (QED) is 0.650. The van der Waals surface area contributed by atoms with Crippen molar-refractivity contribution in [3.05, 3.63) is 53.1 Å². The average molecular weight is 306 g/mol. The van der Waals surface area contributed by atoms with Crippen molar-refractivity contribution in [3.8, 4) is 5.75 Å². The molecule has 5 heteroatoms. The van der Waals surface area contributed by atoms with E-state index in [4.69, 9.17) is 20.8 Å². The van der Waals surface area contributed by atoms with Gasteiger partial charge in [0.15, 0.2) is 5.58 Å². The van der Waals surface area contributed by atoms with Gasteiger partial charge in [-0.05, 0) is 29.8 Å². The molecular formula is C15H12ClNO2S. The number of nitrogens with zero attached hydrogens (tertiary/aromatic N) is 1. The van der Waals surface area contributed by atoms with Gasteiger partial charge in [0.25, 0.3) is 5.22 Å². The van der Waals surface area contributed by atoms with E-state index in [0.29, 0.717) is 15.8 Å². The van der Waals surface area contributed by atoms with E-state index in [-0.39, 0.29) is 0 Å². The molecule has 3 nitrogen and oxygen atoms in total. The summed E-state index contributed by atoms with van der Waals surface area (Å²) in [4.78, 5) is 4.42. The number of benzene rings is 2. The number of hydrogen-bond donors (Lipinski definition) is 0. The molecular weight excluding hydrogens is 294 g/mol. The molecule has 3 aromatic rings. The molecule has 1 aromatic heterocycles. The average Bonchev–Trinajstić information content (AvgIpc) is 2.87. The fourth-order valence-corrected chi connectivity index (χ4v) is 2.79. The minimum atomic E-state index is 0.644. The van der Waals surface area contributed by atoms with Crippen molar-refractivity contribution in [1.29, 1.82) is 0 Å². The molecule has 0 fully saturated rings. The highest BCUT2D eigenvalue weighted by atomic mass is 35.5. The molecule has 1 heterocycles. The van der Waals surface area contributed by atoms with Crippen LogP contribution >= 0.6 is 23.4 Å². The van der Waals surface area contributed by atoms with Crippen LogP contribution in [0.5, 0.6) is 5.75 Å². The second kappa shape index (κ2) is 5.77. The first-order valence-corrected chi connectivity index (χ1v) is 7.43. The minimum Gasteiger partial charge on any atom is -0.497 e. The molecule has 0 bridgehead atoms. The summed E-state index contributed by atoms with van der Waals surface area (Å²) in [7, 11) is 1.66. The van der Waals surface area contributed by atoms with Gasteiger partial charge < -0.3 is 9.15 Å². The van der Waals surface area contributed by atoms with Gasteiger partial charge in [-0.3, -0.25) is 0 Å². The summed E-state index contributed by atoms with van der Waals surface area (Å²) in [6.45, 7) is 0. The number of oxazole rings is 1. The molecule has 102 valence electrons. The van der Waals surface area contributed by atoms with Crippen molar-refractivity contribution in [2.75, 3.05) is 7.11 Å². The number of fused-ring (bicyclic) bond motifs is 1. The largest absolute Gasteiger partial charge is 0.497 e. The second-order valence-corrected chi connectivity index (χ2v) is 5.60. The Morgan fingerprint density at radius 2 is 2.15 bits per heavy atom. The predicted molar refractivity (Wildman–Crippen MR) is 81.6 cm³/mol. The number of halogens is 1. The highest BCUT2D eigenvalue weighted by molar-refractivity contribution is 7.98. The van der Waals surface area contributed by atoms with Crippen molar-refractivity contribution < 1.29 is 9.15 Å². The Morgan fingerprint density at radius 3 is 3.00 bits per heavy atom. The van der Waals surface area contributed by atoms with Crippen LogP contribution in [0.25, 0.3) is 11.1 Å². The predicted octanol–water partition coefficient (Wildman–Crippen LogP) is 4.78. The topological polar surface area (TPSA) is 35.3 Å². The molecule has 0 aliphatic rings. The van der Waals surface area contributed by atoms with Crippen LogP contribution in [0.4, 0.5) is 0 Å². The van der Waals surface area contributed by atoms with Gasteiger partial charge in [0.05, 0.1) is 7.11 Å². The maximum absolute atomic E-state index is 5.93. The molecule has 0 radical (unpaired) electrons. The summed E-state index contributed by atoms with van der Waals surface area (Å²) >= 11 is 7.47. The molecule has 0 unspecified atom stereocenters. The van der Waals surface area contributed by atoms with Crippen LogP contribution in [0, 0.1) is 0 Å². The fourth-order valence-electron chi connectivity index (χ4n) is 1.85. The first-order chi connectivity index (χ1) is 9.74. The second-order valence-electron chi connectivity index (χ2n) is 4.23. The molecule has 0 amide bonds. The molecule has 20 heavy (non-hydrogen) atoms. The highest BCUT2D eigenvalue weighted by Gasteiger charge is 2.07. The third-order valence-corrected chi connectivity index (χ3v) is 3.96. The first kappa shape index (κ1) is 13.3. The minimum absolute atomic E-state index is 0.644. The molecule has 3 rings (SSSR count). The fraction of sp³-hybridized carbons (Fsp3) is 0.133. The molecule has 0 spiro atoms. The zero-order chi connectivity index (χ0) is 13.9. The normalized spacial score (nSPS) is 10.9. The Bertz CT molecular complexity index is 742. The summed E-state index contributed by atoms with van der Waals surface area (Å²) in [5.41, 5.74) is 2.70. The third kappa shape index (κ3) is 2.92. The monoisotopic (exact) mass is 305 g/mol. The smallest absolute Gasteiger partial charge is 0.257 e. The molecule has 0 N–H and O–H groups in total. The van der Waals surface area contributed by atoms with E-state index in [1.807, 2.05) is 30.3 Å². The van der Waals surface area contributed by atoms with E-state index in [0.717, 1.165) is 22.6 Å². The standard InChI is InChI=1S/C15H12ClNO2S/c1-18-12-4-2-3-10(7-12)9-20-15-17-13-6-5-11(16)8-14(13)19-15/h2-8H,9H2,1H3. The first-order valence-electron chi connectivity index (χ1n) is 6.06. The van der Waals surface area contributed by atoms with Crippen LogP contribution in [0.1, 0.15) is 5.56 Å². The Morgan fingerprint density at radius 1 is 1.25 bits per heavy atom. The van der Waals surface area contributed by atoms with Gasteiger partial charge in [0.2, 0.25) is 0 Å². The Kier molecular flexibility index (Phi) is 3.85. The van der Waals surface area contributed by atoms with Crippen molar-refractivity contribution in [2.24, 2.45) is 0 Å². The van der Waals surface area contributed by atoms with Gasteiger partial charge in [-0.1, -0.05) is 35.5 Å². The van der Waals surface area contributed by atoms with Gasteiger partial charge in [0.1, 0.15) is 11.3 Å². The summed E-state index contributed by atoms with van der Waals surface area (Å²) in [6.07, 6.45) is 0. The van der Waals surface area contributed by atoms with Gasteiger partial charge in [-0.2, -0.15) is 0 Å². The number of hydrogen-bond acceptors (Lipinski definition) is 4. The van der Waals surface area contributed by atoms with E-state index in [9.17, 15) is 0 Å². The van der Waals surface area contributed by atoms with E-state index >= 15 is 0 Å². The van der Waals surface area contributed by atoms with Crippen LogP contribution in [-0.4, -0.2) is 12.1 Å².